The first-order valence-corrected chi connectivity index (χ1v) is 8.15. The molecule has 1 N–H and O–H groups in total. The first kappa shape index (κ1) is 18.1. The standard InChI is InChI=1S/C18H32N2O/c1-6-16-9-11-17(12-10-16)18(21)15(3)20(7-2)14-8-13-19(4)5/h9-12,15,18,21H,6-8,13-14H2,1-5H3. The van der Waals surface area contributed by atoms with Crippen LogP contribution in [0, 0.1) is 0 Å². The van der Waals surface area contributed by atoms with Gasteiger partial charge in [-0.15, -0.1) is 0 Å². The fourth-order valence-electron chi connectivity index (χ4n) is 2.67. The van der Waals surface area contributed by atoms with E-state index in [1.54, 1.807) is 0 Å². The predicted molar refractivity (Wildman–Crippen MR) is 90.7 cm³/mol. The van der Waals surface area contributed by atoms with Crippen molar-refractivity contribution in [2.75, 3.05) is 33.7 Å². The molecule has 0 amide bonds. The summed E-state index contributed by atoms with van der Waals surface area (Å²) in [6.07, 6.45) is 1.75. The van der Waals surface area contributed by atoms with Gasteiger partial charge in [0.25, 0.3) is 0 Å². The number of likely N-dealkylation sites (N-methyl/N-ethyl adjacent to an activating group) is 1. The van der Waals surface area contributed by atoms with Gasteiger partial charge in [0.1, 0.15) is 0 Å². The maximum Gasteiger partial charge on any atom is 0.0942 e. The molecule has 0 aliphatic carbocycles. The van der Waals surface area contributed by atoms with Gasteiger partial charge in [0.15, 0.2) is 0 Å². The van der Waals surface area contributed by atoms with Gasteiger partial charge >= 0.3 is 0 Å². The normalized spacial score (nSPS) is 14.7. The average Bonchev–Trinajstić information content (AvgIpc) is 2.50. The second kappa shape index (κ2) is 9.19. The van der Waals surface area contributed by atoms with Gasteiger partial charge in [-0.3, -0.25) is 4.90 Å². The van der Waals surface area contributed by atoms with Crippen molar-refractivity contribution in [1.29, 1.82) is 0 Å². The number of benzene rings is 1. The van der Waals surface area contributed by atoms with E-state index in [1.165, 1.54) is 5.56 Å². The van der Waals surface area contributed by atoms with Crippen LogP contribution in [0.5, 0.6) is 0 Å². The number of aliphatic hydroxyl groups is 1. The highest BCUT2D eigenvalue weighted by Crippen LogP contribution is 2.21. The third-order valence-electron chi connectivity index (χ3n) is 4.22. The maximum atomic E-state index is 10.6. The summed E-state index contributed by atoms with van der Waals surface area (Å²) in [5.74, 6) is 0. The molecule has 0 aliphatic rings. The van der Waals surface area contributed by atoms with E-state index < -0.39 is 6.10 Å². The van der Waals surface area contributed by atoms with Crippen LogP contribution in [0.1, 0.15) is 44.4 Å². The Kier molecular flexibility index (Phi) is 7.94. The van der Waals surface area contributed by atoms with E-state index in [0.29, 0.717) is 0 Å². The molecule has 0 spiro atoms. The summed E-state index contributed by atoms with van der Waals surface area (Å²) in [6.45, 7) is 9.53. The molecule has 0 saturated heterocycles. The smallest absolute Gasteiger partial charge is 0.0942 e. The summed E-state index contributed by atoms with van der Waals surface area (Å²) in [5, 5.41) is 10.6. The molecule has 2 unspecified atom stereocenters. The van der Waals surface area contributed by atoms with Crippen molar-refractivity contribution in [2.45, 2.75) is 45.8 Å². The topological polar surface area (TPSA) is 26.7 Å². The highest BCUT2D eigenvalue weighted by Gasteiger charge is 2.21. The minimum Gasteiger partial charge on any atom is -0.387 e. The van der Waals surface area contributed by atoms with Crippen molar-refractivity contribution in [3.05, 3.63) is 35.4 Å². The lowest BCUT2D eigenvalue weighted by molar-refractivity contribution is 0.0590. The Bertz CT molecular complexity index is 389. The van der Waals surface area contributed by atoms with Crippen molar-refractivity contribution in [3.63, 3.8) is 0 Å². The van der Waals surface area contributed by atoms with Crippen molar-refractivity contribution in [2.24, 2.45) is 0 Å². The lowest BCUT2D eigenvalue weighted by Crippen LogP contribution is -2.39. The molecule has 0 heterocycles. The molecule has 0 saturated carbocycles. The molecule has 0 radical (unpaired) electrons. The summed E-state index contributed by atoms with van der Waals surface area (Å²) in [4.78, 5) is 4.57. The summed E-state index contributed by atoms with van der Waals surface area (Å²) in [5.41, 5.74) is 2.34. The van der Waals surface area contributed by atoms with Crippen LogP contribution in [0.2, 0.25) is 0 Å². The van der Waals surface area contributed by atoms with Crippen LogP contribution < -0.4 is 0 Å². The van der Waals surface area contributed by atoms with Gasteiger partial charge in [-0.2, -0.15) is 0 Å². The molecule has 0 aromatic heterocycles. The highest BCUT2D eigenvalue weighted by atomic mass is 16.3. The Labute approximate surface area is 130 Å². The van der Waals surface area contributed by atoms with E-state index >= 15 is 0 Å². The molecule has 21 heavy (non-hydrogen) atoms. The number of rotatable bonds is 9. The van der Waals surface area contributed by atoms with Gasteiger partial charge in [-0.1, -0.05) is 38.1 Å². The molecule has 3 nitrogen and oxygen atoms in total. The van der Waals surface area contributed by atoms with Crippen molar-refractivity contribution in [3.8, 4) is 0 Å². The molecule has 1 aromatic carbocycles. The molecule has 0 aliphatic heterocycles. The zero-order valence-electron chi connectivity index (χ0n) is 14.3. The monoisotopic (exact) mass is 292 g/mol. The van der Waals surface area contributed by atoms with Gasteiger partial charge in [0, 0.05) is 6.04 Å². The Hall–Kier alpha value is -0.900. The van der Waals surface area contributed by atoms with Crippen molar-refractivity contribution in [1.82, 2.24) is 9.80 Å². The number of nitrogens with zero attached hydrogens (tertiary/aromatic N) is 2. The molecule has 1 aromatic rings. The van der Waals surface area contributed by atoms with Gasteiger partial charge < -0.3 is 10.0 Å². The van der Waals surface area contributed by atoms with E-state index in [9.17, 15) is 5.11 Å². The van der Waals surface area contributed by atoms with Crippen LogP contribution in [0.15, 0.2) is 24.3 Å². The van der Waals surface area contributed by atoms with E-state index in [-0.39, 0.29) is 6.04 Å². The molecule has 3 heteroatoms. The molecule has 1 rings (SSSR count). The Balaban J connectivity index is 2.62. The minimum absolute atomic E-state index is 0.143. The quantitative estimate of drug-likeness (QED) is 0.758. The van der Waals surface area contributed by atoms with Gasteiger partial charge in [-0.05, 0) is 64.6 Å². The Morgan fingerprint density at radius 3 is 2.14 bits per heavy atom. The largest absolute Gasteiger partial charge is 0.387 e. The zero-order chi connectivity index (χ0) is 15.8. The van der Waals surface area contributed by atoms with Crippen LogP contribution in [-0.2, 0) is 6.42 Å². The number of hydrogen-bond donors (Lipinski definition) is 1. The number of aryl methyl sites for hydroxylation is 1. The molecule has 0 fully saturated rings. The third-order valence-corrected chi connectivity index (χ3v) is 4.22. The zero-order valence-corrected chi connectivity index (χ0v) is 14.3. The van der Waals surface area contributed by atoms with Crippen molar-refractivity contribution >= 4 is 0 Å². The summed E-state index contributed by atoms with van der Waals surface area (Å²) < 4.78 is 0. The minimum atomic E-state index is -0.421. The van der Waals surface area contributed by atoms with E-state index in [1.807, 2.05) is 0 Å². The fraction of sp³-hybridized carbons (Fsp3) is 0.667. The second-order valence-electron chi connectivity index (χ2n) is 6.07. The van der Waals surface area contributed by atoms with Crippen LogP contribution in [0.4, 0.5) is 0 Å². The molecule has 120 valence electrons. The van der Waals surface area contributed by atoms with Gasteiger partial charge in [0.2, 0.25) is 0 Å². The van der Waals surface area contributed by atoms with Crippen LogP contribution in [0.3, 0.4) is 0 Å². The van der Waals surface area contributed by atoms with Crippen LogP contribution >= 0.6 is 0 Å². The fourth-order valence-corrected chi connectivity index (χ4v) is 2.67. The van der Waals surface area contributed by atoms with E-state index in [4.69, 9.17) is 0 Å². The SMILES string of the molecule is CCc1ccc(C(O)C(C)N(CC)CCCN(C)C)cc1. The first-order chi connectivity index (χ1) is 9.99. The molecular formula is C18H32N2O. The molecule has 0 bridgehead atoms. The molecular weight excluding hydrogens is 260 g/mol. The highest BCUT2D eigenvalue weighted by molar-refractivity contribution is 5.24. The Morgan fingerprint density at radius 1 is 1.05 bits per heavy atom. The maximum absolute atomic E-state index is 10.6. The third kappa shape index (κ3) is 5.77. The van der Waals surface area contributed by atoms with Crippen molar-refractivity contribution < 1.29 is 5.11 Å². The van der Waals surface area contributed by atoms with Gasteiger partial charge in [0.05, 0.1) is 6.10 Å². The predicted octanol–water partition coefficient (Wildman–Crippen LogP) is 2.94. The second-order valence-corrected chi connectivity index (χ2v) is 6.07. The van der Waals surface area contributed by atoms with Gasteiger partial charge in [-0.25, -0.2) is 0 Å². The summed E-state index contributed by atoms with van der Waals surface area (Å²) >= 11 is 0. The lowest BCUT2D eigenvalue weighted by atomic mass is 10.00. The van der Waals surface area contributed by atoms with E-state index in [0.717, 1.165) is 38.0 Å². The molecule has 2 atom stereocenters. The van der Waals surface area contributed by atoms with Crippen LogP contribution in [0.25, 0.3) is 0 Å². The number of aliphatic hydroxyl groups excluding tert-OH is 1. The average molecular weight is 292 g/mol. The first-order valence-electron chi connectivity index (χ1n) is 8.15. The number of hydrogen-bond acceptors (Lipinski definition) is 3. The summed E-state index contributed by atoms with van der Waals surface area (Å²) in [7, 11) is 4.20. The summed E-state index contributed by atoms with van der Waals surface area (Å²) in [6, 6.07) is 8.51. The Morgan fingerprint density at radius 2 is 1.67 bits per heavy atom. The van der Waals surface area contributed by atoms with Crippen LogP contribution in [-0.4, -0.2) is 54.7 Å². The lowest BCUT2D eigenvalue weighted by Gasteiger charge is -2.32. The van der Waals surface area contributed by atoms with E-state index in [2.05, 4.69) is 68.9 Å².